The number of amides is 2. The van der Waals surface area contributed by atoms with Crippen molar-refractivity contribution in [2.24, 2.45) is 11.1 Å². The minimum absolute atomic E-state index is 0.00208. The molecule has 372 valence electrons. The molecule has 2 unspecified atom stereocenters. The highest BCUT2D eigenvalue weighted by molar-refractivity contribution is 7.87. The van der Waals surface area contributed by atoms with E-state index in [1.54, 1.807) is 36.5 Å². The van der Waals surface area contributed by atoms with Crippen LogP contribution in [0.3, 0.4) is 0 Å². The van der Waals surface area contributed by atoms with Crippen LogP contribution < -0.4 is 56.3 Å². The number of nitrogens with one attached hydrogen (secondary N) is 1. The van der Waals surface area contributed by atoms with Crippen molar-refractivity contribution >= 4 is 61.9 Å². The van der Waals surface area contributed by atoms with Gasteiger partial charge >= 0.3 is 15.8 Å². The van der Waals surface area contributed by atoms with Gasteiger partial charge in [-0.25, -0.2) is 19.2 Å². The Balaban J connectivity index is 1.05. The molecule has 0 fully saturated rings. The Morgan fingerprint density at radius 3 is 2.30 bits per heavy atom. The molecule has 0 saturated carbocycles. The van der Waals surface area contributed by atoms with Crippen LogP contribution in [0, 0.1) is 5.92 Å². The molecule has 4 heterocycles. The Kier molecular flexibility index (Phi) is 13.9. The highest BCUT2D eigenvalue weighted by Crippen LogP contribution is 2.54. The lowest BCUT2D eigenvalue weighted by Crippen LogP contribution is -2.51. The first-order chi connectivity index (χ1) is 33.9. The quantitative estimate of drug-likeness (QED) is 0.0583. The van der Waals surface area contributed by atoms with Gasteiger partial charge in [0.1, 0.15) is 34.0 Å². The number of nitrogens with two attached hydrogens (primary N) is 3. The molecule has 1 spiro atoms. The van der Waals surface area contributed by atoms with Crippen LogP contribution in [0.15, 0.2) is 94.3 Å². The lowest BCUT2D eigenvalue weighted by molar-refractivity contribution is 0.0831. The van der Waals surface area contributed by atoms with Gasteiger partial charge in [-0.05, 0) is 98.8 Å². The van der Waals surface area contributed by atoms with Gasteiger partial charge < -0.3 is 49.9 Å². The summed E-state index contributed by atoms with van der Waals surface area (Å²) in [5.74, 6) is 0.420. The monoisotopic (exact) mass is 987 g/mol. The van der Waals surface area contributed by atoms with E-state index in [1.807, 2.05) is 64.0 Å². The van der Waals surface area contributed by atoms with Crippen molar-refractivity contribution in [2.75, 3.05) is 75.8 Å². The molecule has 7 N–H and O–H groups in total. The van der Waals surface area contributed by atoms with E-state index in [0.717, 1.165) is 24.3 Å². The van der Waals surface area contributed by atoms with Gasteiger partial charge in [-0.1, -0.05) is 13.0 Å². The molecule has 6 aromatic rings. The average molecular weight is 988 g/mol. The first-order valence-electron chi connectivity index (χ1n) is 23.0. The van der Waals surface area contributed by atoms with Gasteiger partial charge in [0.15, 0.2) is 11.5 Å². The first-order valence-corrected chi connectivity index (χ1v) is 24.5. The molecule has 2 aliphatic rings. The lowest BCUT2D eigenvalue weighted by Gasteiger charge is -2.39. The van der Waals surface area contributed by atoms with Crippen LogP contribution in [-0.4, -0.2) is 89.1 Å². The third-order valence-corrected chi connectivity index (χ3v) is 13.7. The molecule has 0 aliphatic carbocycles. The molecule has 0 radical (unpaired) electrons. The molecule has 2 amide bonds. The van der Waals surface area contributed by atoms with E-state index in [-0.39, 0.29) is 63.6 Å². The fourth-order valence-corrected chi connectivity index (χ4v) is 10.1. The highest BCUT2D eigenvalue weighted by atomic mass is 32.2. The molecule has 2 aliphatic heterocycles. The summed E-state index contributed by atoms with van der Waals surface area (Å²) in [7, 11) is 1.87. The number of hydrogen-bond acceptors (Lipinski definition) is 16. The number of rotatable bonds is 18. The maximum atomic E-state index is 14.4. The number of hydrogen-bond donors (Lipinski definition) is 4. The number of anilines is 4. The van der Waals surface area contributed by atoms with Crippen LogP contribution in [0.5, 0.6) is 23.0 Å². The summed E-state index contributed by atoms with van der Waals surface area (Å²) in [5, 5.41) is 9.50. The SMILES string of the molecule is CCN(CC)c1ccc2cc(C3=CC4(c5ccc(N(C)C)cc5O3)c3cc(C(=O)NCC(C)CCCOc5c(OC)cc(Cc6cnc(N)nc6N)cc5OC)ccc3C(=O)N4S(N)(=O)=O)c(=O)oc2c1. The number of fused-ring (bicyclic) bond motifs is 5. The van der Waals surface area contributed by atoms with E-state index in [2.05, 4.69) is 20.2 Å². The second-order valence-electron chi connectivity index (χ2n) is 17.6. The molecule has 20 heteroatoms. The predicted octanol–water partition coefficient (Wildman–Crippen LogP) is 5.83. The van der Waals surface area contributed by atoms with Gasteiger partial charge in [-0.15, -0.1) is 0 Å². The number of nitrogen functional groups attached to an aromatic ring is 2. The largest absolute Gasteiger partial charge is 0.493 e. The van der Waals surface area contributed by atoms with Crippen molar-refractivity contribution in [1.82, 2.24) is 19.6 Å². The van der Waals surface area contributed by atoms with Crippen molar-refractivity contribution in [3.8, 4) is 23.0 Å². The van der Waals surface area contributed by atoms with Gasteiger partial charge in [0.2, 0.25) is 11.7 Å². The van der Waals surface area contributed by atoms with Gasteiger partial charge in [0.05, 0.1) is 20.8 Å². The van der Waals surface area contributed by atoms with Crippen molar-refractivity contribution < 1.29 is 41.4 Å². The summed E-state index contributed by atoms with van der Waals surface area (Å²) < 4.78 is 57.9. The fraction of sp³-hybridized carbons (Fsp3) is 0.314. The molecule has 2 aromatic heterocycles. The van der Waals surface area contributed by atoms with Crippen LogP contribution in [0.25, 0.3) is 16.7 Å². The summed E-state index contributed by atoms with van der Waals surface area (Å²) in [4.78, 5) is 54.4. The third-order valence-electron chi connectivity index (χ3n) is 12.8. The maximum Gasteiger partial charge on any atom is 0.347 e. The molecule has 71 heavy (non-hydrogen) atoms. The number of nitrogens with zero attached hydrogens (tertiary/aromatic N) is 5. The Morgan fingerprint density at radius 2 is 1.63 bits per heavy atom. The number of benzene rings is 4. The maximum absolute atomic E-state index is 14.4. The summed E-state index contributed by atoms with van der Waals surface area (Å²) in [5.41, 5.74) is 12.9. The van der Waals surface area contributed by atoms with Crippen LogP contribution in [0.2, 0.25) is 0 Å². The molecular formula is C51H57N9O10S. The number of methoxy groups -OCH3 is 2. The van der Waals surface area contributed by atoms with E-state index in [9.17, 15) is 22.8 Å². The van der Waals surface area contributed by atoms with E-state index in [1.165, 1.54) is 38.5 Å². The molecule has 2 atom stereocenters. The summed E-state index contributed by atoms with van der Waals surface area (Å²) in [6.07, 6.45) is 4.67. The van der Waals surface area contributed by atoms with Crippen LogP contribution in [-0.2, 0) is 22.2 Å². The Labute approximate surface area is 411 Å². The van der Waals surface area contributed by atoms with Crippen molar-refractivity contribution in [2.45, 2.75) is 45.6 Å². The molecule has 4 aromatic carbocycles. The highest BCUT2D eigenvalue weighted by Gasteiger charge is 2.57. The van der Waals surface area contributed by atoms with Crippen molar-refractivity contribution in [3.63, 3.8) is 0 Å². The Bertz CT molecular complexity index is 3240. The molecular weight excluding hydrogens is 931 g/mol. The van der Waals surface area contributed by atoms with Gasteiger partial charge in [-0.2, -0.15) is 13.4 Å². The Morgan fingerprint density at radius 1 is 0.915 bits per heavy atom. The molecule has 0 bridgehead atoms. The van der Waals surface area contributed by atoms with Gasteiger partial charge in [-0.3, -0.25) is 9.59 Å². The molecule has 8 rings (SSSR count). The minimum Gasteiger partial charge on any atom is -0.493 e. The second-order valence-corrected chi connectivity index (χ2v) is 19.0. The number of carbonyl (C=O) groups excluding carboxylic acids is 2. The lowest BCUT2D eigenvalue weighted by atomic mass is 9.80. The topological polar surface area (TPSA) is 261 Å². The van der Waals surface area contributed by atoms with Gasteiger partial charge in [0, 0.05) is 103 Å². The average Bonchev–Trinajstić information content (AvgIpc) is 3.59. The van der Waals surface area contributed by atoms with Crippen LogP contribution >= 0.6 is 0 Å². The van der Waals surface area contributed by atoms with Crippen molar-refractivity contribution in [3.05, 3.63) is 134 Å². The van der Waals surface area contributed by atoms with E-state index in [0.29, 0.717) is 69.6 Å². The standard InChI is InChI=1S/C51H57N9O10S/c1-8-59(9-2)35-14-12-31-22-37(49(63)70-40(31)25-35)44-26-51(38-17-15-34(58(4)5)24-41(38)69-44)39-23-32(13-16-36(39)48(62)60(51)71(54,64)65)47(61)55-27-29(3)11-10-18-68-45-42(66-6)20-30(21-43(45)67-7)19-33-28-56-50(53)57-46(33)52/h12-17,20-26,28-29H,8-11,18-19,27H2,1-7H3,(H,55,61)(H2,54,64,65)(H4,52,53,56,57). The van der Waals surface area contributed by atoms with E-state index < -0.39 is 33.2 Å². The minimum atomic E-state index is -4.84. The second kappa shape index (κ2) is 19.9. The molecule has 19 nitrogen and oxygen atoms in total. The van der Waals surface area contributed by atoms with Gasteiger partial charge in [0.25, 0.3) is 11.8 Å². The fourth-order valence-electron chi connectivity index (χ4n) is 9.11. The summed E-state index contributed by atoms with van der Waals surface area (Å²) >= 11 is 0. The number of carbonyl (C=O) groups is 2. The third kappa shape index (κ3) is 9.59. The zero-order chi connectivity index (χ0) is 50.9. The predicted molar refractivity (Wildman–Crippen MR) is 271 cm³/mol. The smallest absolute Gasteiger partial charge is 0.347 e. The van der Waals surface area contributed by atoms with Crippen LogP contribution in [0.4, 0.5) is 23.1 Å². The Hall–Kier alpha value is -7.84. The van der Waals surface area contributed by atoms with Crippen molar-refractivity contribution in [1.29, 1.82) is 0 Å². The summed E-state index contributed by atoms with van der Waals surface area (Å²) in [6, 6.07) is 20.2. The number of ether oxygens (including phenoxy) is 4. The molecule has 0 saturated heterocycles. The van der Waals surface area contributed by atoms with E-state index >= 15 is 0 Å². The van der Waals surface area contributed by atoms with E-state index in [4.69, 9.17) is 40.0 Å². The normalized spacial score (nSPS) is 15.4. The summed E-state index contributed by atoms with van der Waals surface area (Å²) in [6.45, 7) is 8.14. The zero-order valence-corrected chi connectivity index (χ0v) is 41.4. The number of aromatic nitrogens is 2. The van der Waals surface area contributed by atoms with Crippen LogP contribution in [0.1, 0.15) is 82.1 Å². The zero-order valence-electron chi connectivity index (χ0n) is 40.6. The first kappa shape index (κ1) is 49.6.